The van der Waals surface area contributed by atoms with Gasteiger partial charge in [-0.05, 0) is 18.1 Å². The molecule has 0 fully saturated rings. The van der Waals surface area contributed by atoms with Gasteiger partial charge in [-0.3, -0.25) is 0 Å². The van der Waals surface area contributed by atoms with Gasteiger partial charge in [0, 0.05) is 11.1 Å². The Morgan fingerprint density at radius 3 is 1.32 bits per heavy atom. The van der Waals surface area contributed by atoms with Gasteiger partial charge in [0.15, 0.2) is 0 Å². The minimum Gasteiger partial charge on any atom is -0.388 e. The first-order valence-electron chi connectivity index (χ1n) is 9.30. The predicted molar refractivity (Wildman–Crippen MR) is 86.0 cm³/mol. The molecule has 1 aromatic carbocycles. The maximum Gasteiger partial charge on any atom is 0.460 e. The normalized spacial score (nSPS) is 16.2. The van der Waals surface area contributed by atoms with Gasteiger partial charge in [0.25, 0.3) is 0 Å². The molecular formula is C18H12F18O. The summed E-state index contributed by atoms with van der Waals surface area (Å²) in [5.74, 6) is -44.2. The second-order valence-corrected chi connectivity index (χ2v) is 7.55. The Morgan fingerprint density at radius 2 is 0.973 bits per heavy atom. The zero-order valence-electron chi connectivity index (χ0n) is 17.5. The van der Waals surface area contributed by atoms with Crippen LogP contribution >= 0.6 is 0 Å². The zero-order chi connectivity index (χ0) is 29.8. The van der Waals surface area contributed by atoms with Crippen LogP contribution in [0.1, 0.15) is 42.6 Å². The highest BCUT2D eigenvalue weighted by atomic mass is 19.4. The first kappa shape index (κ1) is 32.9. The Morgan fingerprint density at radius 1 is 0.595 bits per heavy atom. The molecule has 1 atom stereocenters. The number of aliphatic hydroxyl groups excluding tert-OH is 1. The van der Waals surface area contributed by atoms with Gasteiger partial charge < -0.3 is 5.11 Å². The van der Waals surface area contributed by atoms with E-state index in [1.165, 1.54) is 0 Å². The Balaban J connectivity index is 4.03. The van der Waals surface area contributed by atoms with Crippen LogP contribution in [0.5, 0.6) is 0 Å². The van der Waals surface area contributed by atoms with Crippen molar-refractivity contribution >= 4 is 0 Å². The van der Waals surface area contributed by atoms with E-state index in [1.54, 1.807) is 0 Å². The molecule has 1 unspecified atom stereocenters. The van der Waals surface area contributed by atoms with E-state index in [0.717, 1.165) is 6.92 Å². The lowest BCUT2D eigenvalue weighted by molar-refractivity contribution is -0.400. The van der Waals surface area contributed by atoms with E-state index in [0.29, 0.717) is 0 Å². The molecule has 37 heavy (non-hydrogen) atoms. The number of rotatable bonds is 9. The summed E-state index contributed by atoms with van der Waals surface area (Å²) in [6.45, 7) is 1.15. The van der Waals surface area contributed by atoms with Crippen molar-refractivity contribution in [1.82, 2.24) is 0 Å². The van der Waals surface area contributed by atoms with Gasteiger partial charge in [-0.25, -0.2) is 0 Å². The molecule has 1 N–H and O–H groups in total. The fourth-order valence-corrected chi connectivity index (χ4v) is 2.84. The van der Waals surface area contributed by atoms with Gasteiger partial charge in [-0.2, -0.15) is 79.0 Å². The standard InChI is InChI=1S/C18H12F18O/c1-2-3-10(37)8-5-4-7(11(19,20)13(23,24)15(27,28)17(31,32)33)6-9(8)12(21,22)14(25,26)16(29,30)18(34,35)36/h4-6,10,37H,2-3H2,1H3. The van der Waals surface area contributed by atoms with Crippen LogP contribution < -0.4 is 0 Å². The summed E-state index contributed by atoms with van der Waals surface area (Å²) < 4.78 is 239. The fraction of sp³-hybridized carbons (Fsp3) is 0.667. The number of aliphatic hydroxyl groups is 1. The molecule has 1 nitrogen and oxygen atoms in total. The van der Waals surface area contributed by atoms with Crippen LogP contribution in [-0.2, 0) is 11.8 Å². The van der Waals surface area contributed by atoms with Crippen LogP contribution in [0.2, 0.25) is 0 Å². The van der Waals surface area contributed by atoms with Crippen molar-refractivity contribution < 1.29 is 84.1 Å². The molecule has 0 heterocycles. The maximum atomic E-state index is 14.5. The molecule has 0 bridgehead atoms. The van der Waals surface area contributed by atoms with Crippen molar-refractivity contribution in [2.45, 2.75) is 73.8 Å². The van der Waals surface area contributed by atoms with Gasteiger partial charge in [-0.15, -0.1) is 0 Å². The summed E-state index contributed by atoms with van der Waals surface area (Å²) in [6, 6.07) is -2.40. The third kappa shape index (κ3) is 4.91. The fourth-order valence-electron chi connectivity index (χ4n) is 2.84. The average Bonchev–Trinajstić information content (AvgIpc) is 2.71. The maximum absolute atomic E-state index is 14.5. The first-order chi connectivity index (χ1) is 16.1. The van der Waals surface area contributed by atoms with Crippen LogP contribution in [-0.4, -0.2) is 41.1 Å². The molecule has 0 aliphatic rings. The van der Waals surface area contributed by atoms with Crippen molar-refractivity contribution in [3.05, 3.63) is 34.9 Å². The Hall–Kier alpha value is -2.08. The topological polar surface area (TPSA) is 20.2 Å². The smallest absolute Gasteiger partial charge is 0.388 e. The molecule has 19 heteroatoms. The lowest BCUT2D eigenvalue weighted by atomic mass is 9.86. The van der Waals surface area contributed by atoms with Crippen molar-refractivity contribution in [3.8, 4) is 0 Å². The van der Waals surface area contributed by atoms with Crippen LogP contribution in [0.25, 0.3) is 0 Å². The average molecular weight is 586 g/mol. The van der Waals surface area contributed by atoms with E-state index < -0.39 is 95.3 Å². The minimum absolute atomic E-state index is 0.283. The highest BCUT2D eigenvalue weighted by Crippen LogP contribution is 2.60. The molecule has 1 rings (SSSR count). The van der Waals surface area contributed by atoms with E-state index in [-0.39, 0.29) is 6.42 Å². The van der Waals surface area contributed by atoms with Crippen molar-refractivity contribution in [3.63, 3.8) is 0 Å². The molecule has 0 radical (unpaired) electrons. The molecule has 216 valence electrons. The molecule has 0 saturated heterocycles. The van der Waals surface area contributed by atoms with Crippen molar-refractivity contribution in [1.29, 1.82) is 0 Å². The van der Waals surface area contributed by atoms with Crippen molar-refractivity contribution in [2.24, 2.45) is 0 Å². The monoisotopic (exact) mass is 586 g/mol. The van der Waals surface area contributed by atoms with Gasteiger partial charge in [0.2, 0.25) is 0 Å². The highest BCUT2D eigenvalue weighted by molar-refractivity contribution is 5.41. The first-order valence-corrected chi connectivity index (χ1v) is 9.30. The number of halogens is 18. The summed E-state index contributed by atoms with van der Waals surface area (Å²) in [6.07, 6.45) is -18.4. The van der Waals surface area contributed by atoms with Crippen LogP contribution in [0.3, 0.4) is 0 Å². The summed E-state index contributed by atoms with van der Waals surface area (Å²) in [7, 11) is 0. The Bertz CT molecular complexity index is 958. The molecule has 0 aliphatic carbocycles. The summed E-state index contributed by atoms with van der Waals surface area (Å²) in [4.78, 5) is 0. The van der Waals surface area contributed by atoms with Gasteiger partial charge in [0.1, 0.15) is 0 Å². The third-order valence-electron chi connectivity index (χ3n) is 4.96. The SMILES string of the molecule is CCCC(O)c1ccc(C(F)(F)C(F)(F)C(F)(F)C(F)(F)F)cc1C(F)(F)C(F)(F)C(F)(F)C(F)(F)F. The Labute approximate surface area is 194 Å². The number of benzene rings is 1. The zero-order valence-corrected chi connectivity index (χ0v) is 17.5. The summed E-state index contributed by atoms with van der Waals surface area (Å²) in [5.41, 5.74) is -7.93. The predicted octanol–water partition coefficient (Wildman–Crippen LogP) is 8.37. The number of alkyl halides is 18. The van der Waals surface area contributed by atoms with Crippen molar-refractivity contribution in [2.75, 3.05) is 0 Å². The molecule has 0 amide bonds. The number of hydrogen-bond donors (Lipinski definition) is 1. The summed E-state index contributed by atoms with van der Waals surface area (Å²) >= 11 is 0. The van der Waals surface area contributed by atoms with Crippen LogP contribution in [0.15, 0.2) is 18.2 Å². The van der Waals surface area contributed by atoms with E-state index in [2.05, 4.69) is 0 Å². The van der Waals surface area contributed by atoms with Gasteiger partial charge in [0.05, 0.1) is 6.10 Å². The van der Waals surface area contributed by atoms with E-state index in [9.17, 15) is 84.1 Å². The second kappa shape index (κ2) is 9.29. The highest BCUT2D eigenvalue weighted by Gasteiger charge is 2.83. The van der Waals surface area contributed by atoms with E-state index >= 15 is 0 Å². The molecule has 1 aromatic rings. The van der Waals surface area contributed by atoms with Gasteiger partial charge >= 0.3 is 47.9 Å². The lowest BCUT2D eigenvalue weighted by Gasteiger charge is -2.36. The number of hydrogen-bond acceptors (Lipinski definition) is 1. The molecule has 0 saturated carbocycles. The molecule has 0 spiro atoms. The molecule has 0 aromatic heterocycles. The van der Waals surface area contributed by atoms with Crippen LogP contribution in [0.4, 0.5) is 79.0 Å². The summed E-state index contributed by atoms with van der Waals surface area (Å²) in [5, 5.41) is 9.79. The largest absolute Gasteiger partial charge is 0.460 e. The second-order valence-electron chi connectivity index (χ2n) is 7.55. The van der Waals surface area contributed by atoms with E-state index in [4.69, 9.17) is 0 Å². The van der Waals surface area contributed by atoms with Crippen LogP contribution in [0, 0.1) is 0 Å². The minimum atomic E-state index is -7.64. The molecule has 0 aliphatic heterocycles. The third-order valence-corrected chi connectivity index (χ3v) is 4.96. The molecular weight excluding hydrogens is 574 g/mol. The lowest BCUT2D eigenvalue weighted by Crippen LogP contribution is -2.60. The quantitative estimate of drug-likeness (QED) is 0.289. The Kier molecular flexibility index (Phi) is 8.27. The van der Waals surface area contributed by atoms with Gasteiger partial charge in [-0.1, -0.05) is 25.5 Å². The van der Waals surface area contributed by atoms with E-state index in [1.807, 2.05) is 0 Å².